The van der Waals surface area contributed by atoms with Gasteiger partial charge in [-0.15, -0.1) is 0 Å². The van der Waals surface area contributed by atoms with E-state index in [0.717, 1.165) is 5.56 Å². The minimum Gasteiger partial charge on any atom is -0.382 e. The minimum absolute atomic E-state index is 0.252. The molecule has 1 fully saturated rings. The molecule has 0 amide bonds. The van der Waals surface area contributed by atoms with E-state index in [0.29, 0.717) is 24.6 Å². The van der Waals surface area contributed by atoms with Crippen LogP contribution in [0.3, 0.4) is 0 Å². The molecule has 2 rings (SSSR count). The van der Waals surface area contributed by atoms with Crippen LogP contribution in [0.1, 0.15) is 19.4 Å². The molecule has 1 aromatic rings. The van der Waals surface area contributed by atoms with Gasteiger partial charge in [-0.2, -0.15) is 4.31 Å². The maximum atomic E-state index is 12.9. The number of hydrogen-bond acceptors (Lipinski definition) is 4. The van der Waals surface area contributed by atoms with Crippen LogP contribution in [0.4, 0.5) is 0 Å². The lowest BCUT2D eigenvalue weighted by molar-refractivity contribution is -0.135. The van der Waals surface area contributed by atoms with Crippen LogP contribution in [-0.4, -0.2) is 51.2 Å². The Morgan fingerprint density at radius 1 is 1.38 bits per heavy atom. The second-order valence-electron chi connectivity index (χ2n) is 6.02. The van der Waals surface area contributed by atoms with Gasteiger partial charge in [0.05, 0.1) is 23.2 Å². The van der Waals surface area contributed by atoms with Crippen LogP contribution in [0.15, 0.2) is 29.2 Å². The molecule has 1 aromatic carbocycles. The fourth-order valence-corrected chi connectivity index (χ4v) is 4.53. The summed E-state index contributed by atoms with van der Waals surface area (Å²) in [7, 11) is -1.93. The summed E-state index contributed by atoms with van der Waals surface area (Å²) >= 11 is 0. The van der Waals surface area contributed by atoms with E-state index in [2.05, 4.69) is 0 Å². The first-order valence-corrected chi connectivity index (χ1v) is 8.43. The van der Waals surface area contributed by atoms with E-state index in [1.807, 2.05) is 32.9 Å². The standard InChI is InChI=1S/C15H23NO4S/c1-12-7-5-6-8-14(12)21(17,18)16-9-13(10-19-4)20-15(2,3)11-16/h5-8,13H,9-11H2,1-4H3/t13-/m1/s1. The number of ether oxygens (including phenoxy) is 2. The van der Waals surface area contributed by atoms with Crippen LogP contribution in [0, 0.1) is 6.92 Å². The summed E-state index contributed by atoms with van der Waals surface area (Å²) in [5.41, 5.74) is 0.224. The van der Waals surface area contributed by atoms with Crippen molar-refractivity contribution in [2.45, 2.75) is 37.4 Å². The molecule has 118 valence electrons. The zero-order valence-corrected chi connectivity index (χ0v) is 13.8. The van der Waals surface area contributed by atoms with Crippen molar-refractivity contribution in [1.29, 1.82) is 0 Å². The number of sulfonamides is 1. The molecule has 0 unspecified atom stereocenters. The van der Waals surface area contributed by atoms with Crippen LogP contribution in [0.25, 0.3) is 0 Å². The third kappa shape index (κ3) is 3.63. The third-order valence-corrected chi connectivity index (χ3v) is 5.49. The van der Waals surface area contributed by atoms with Gasteiger partial charge in [-0.3, -0.25) is 0 Å². The highest BCUT2D eigenvalue weighted by atomic mass is 32.2. The van der Waals surface area contributed by atoms with Crippen LogP contribution in [0.5, 0.6) is 0 Å². The van der Waals surface area contributed by atoms with Crippen molar-refractivity contribution in [3.8, 4) is 0 Å². The van der Waals surface area contributed by atoms with Gasteiger partial charge >= 0.3 is 0 Å². The molecule has 0 radical (unpaired) electrons. The van der Waals surface area contributed by atoms with Gasteiger partial charge < -0.3 is 9.47 Å². The van der Waals surface area contributed by atoms with E-state index < -0.39 is 15.6 Å². The molecule has 0 bridgehead atoms. The largest absolute Gasteiger partial charge is 0.382 e. The molecule has 1 atom stereocenters. The minimum atomic E-state index is -3.52. The molecule has 5 nitrogen and oxygen atoms in total. The van der Waals surface area contributed by atoms with Crippen LogP contribution >= 0.6 is 0 Å². The quantitative estimate of drug-likeness (QED) is 0.851. The molecule has 1 saturated heterocycles. The first-order chi connectivity index (χ1) is 9.76. The number of methoxy groups -OCH3 is 1. The van der Waals surface area contributed by atoms with E-state index in [1.54, 1.807) is 19.2 Å². The zero-order valence-electron chi connectivity index (χ0n) is 13.0. The van der Waals surface area contributed by atoms with Crippen LogP contribution < -0.4 is 0 Å². The first kappa shape index (κ1) is 16.4. The van der Waals surface area contributed by atoms with Gasteiger partial charge in [0.15, 0.2) is 0 Å². The highest BCUT2D eigenvalue weighted by molar-refractivity contribution is 7.89. The van der Waals surface area contributed by atoms with Gasteiger partial charge in [0.2, 0.25) is 10.0 Å². The Hall–Kier alpha value is -0.950. The fourth-order valence-electron chi connectivity index (χ4n) is 2.68. The van der Waals surface area contributed by atoms with Crippen molar-refractivity contribution >= 4 is 10.0 Å². The lowest BCUT2D eigenvalue weighted by Gasteiger charge is -2.41. The number of rotatable bonds is 4. The average molecular weight is 313 g/mol. The van der Waals surface area contributed by atoms with E-state index in [9.17, 15) is 8.42 Å². The molecule has 21 heavy (non-hydrogen) atoms. The molecule has 0 N–H and O–H groups in total. The number of aryl methyl sites for hydroxylation is 1. The first-order valence-electron chi connectivity index (χ1n) is 6.99. The van der Waals surface area contributed by atoms with Gasteiger partial charge in [0, 0.05) is 20.2 Å². The SMILES string of the molecule is COC[C@H]1CN(S(=O)(=O)c2ccccc2C)CC(C)(C)O1. The van der Waals surface area contributed by atoms with Crippen LogP contribution in [0.2, 0.25) is 0 Å². The summed E-state index contributed by atoms with van der Waals surface area (Å²) in [6.07, 6.45) is -0.252. The van der Waals surface area contributed by atoms with E-state index in [-0.39, 0.29) is 6.10 Å². The van der Waals surface area contributed by atoms with Crippen molar-refractivity contribution in [1.82, 2.24) is 4.31 Å². The number of nitrogens with zero attached hydrogens (tertiary/aromatic N) is 1. The third-order valence-electron chi connectivity index (χ3n) is 3.51. The lowest BCUT2D eigenvalue weighted by Crippen LogP contribution is -2.55. The summed E-state index contributed by atoms with van der Waals surface area (Å²) in [5.74, 6) is 0. The van der Waals surface area contributed by atoms with Gasteiger partial charge in [0.1, 0.15) is 0 Å². The number of hydrogen-bond donors (Lipinski definition) is 0. The summed E-state index contributed by atoms with van der Waals surface area (Å²) in [4.78, 5) is 0.360. The summed E-state index contributed by atoms with van der Waals surface area (Å²) < 4.78 is 38.2. The summed E-state index contributed by atoms with van der Waals surface area (Å²) in [6, 6.07) is 7.05. The Morgan fingerprint density at radius 2 is 2.05 bits per heavy atom. The normalized spacial score (nSPS) is 23.1. The van der Waals surface area contributed by atoms with E-state index in [4.69, 9.17) is 9.47 Å². The van der Waals surface area contributed by atoms with Crippen LogP contribution in [-0.2, 0) is 19.5 Å². The molecular weight excluding hydrogens is 290 g/mol. The molecule has 1 aliphatic heterocycles. The Kier molecular flexibility index (Phi) is 4.72. The van der Waals surface area contributed by atoms with Gasteiger partial charge in [-0.05, 0) is 32.4 Å². The maximum Gasteiger partial charge on any atom is 0.243 e. The van der Waals surface area contributed by atoms with Crippen molar-refractivity contribution in [3.63, 3.8) is 0 Å². The topological polar surface area (TPSA) is 55.8 Å². The molecule has 0 aliphatic carbocycles. The highest BCUT2D eigenvalue weighted by Gasteiger charge is 2.39. The molecule has 6 heteroatoms. The molecule has 0 saturated carbocycles. The smallest absolute Gasteiger partial charge is 0.243 e. The molecule has 1 heterocycles. The second kappa shape index (κ2) is 6.04. The van der Waals surface area contributed by atoms with Crippen molar-refractivity contribution in [3.05, 3.63) is 29.8 Å². The summed E-state index contributed by atoms with van der Waals surface area (Å²) in [6.45, 7) is 6.64. The molecule has 1 aliphatic rings. The lowest BCUT2D eigenvalue weighted by atomic mass is 10.1. The average Bonchev–Trinajstić information content (AvgIpc) is 2.37. The fraction of sp³-hybridized carbons (Fsp3) is 0.600. The van der Waals surface area contributed by atoms with E-state index >= 15 is 0 Å². The Morgan fingerprint density at radius 3 is 2.67 bits per heavy atom. The number of morpholine rings is 1. The second-order valence-corrected chi connectivity index (χ2v) is 7.92. The highest BCUT2D eigenvalue weighted by Crippen LogP contribution is 2.27. The number of benzene rings is 1. The molecule has 0 spiro atoms. The molecular formula is C15H23NO4S. The Labute approximate surface area is 126 Å². The molecule has 0 aromatic heterocycles. The zero-order chi connectivity index (χ0) is 15.7. The van der Waals surface area contributed by atoms with Crippen molar-refractivity contribution < 1.29 is 17.9 Å². The van der Waals surface area contributed by atoms with Gasteiger partial charge in [-0.25, -0.2) is 8.42 Å². The predicted molar refractivity (Wildman–Crippen MR) is 80.8 cm³/mol. The Balaban J connectivity index is 2.33. The Bertz CT molecular complexity index is 597. The van der Waals surface area contributed by atoms with Gasteiger partial charge in [0.25, 0.3) is 0 Å². The van der Waals surface area contributed by atoms with E-state index in [1.165, 1.54) is 4.31 Å². The van der Waals surface area contributed by atoms with Crippen molar-refractivity contribution in [2.75, 3.05) is 26.8 Å². The van der Waals surface area contributed by atoms with Gasteiger partial charge in [-0.1, -0.05) is 18.2 Å². The summed E-state index contributed by atoms with van der Waals surface area (Å²) in [5, 5.41) is 0. The van der Waals surface area contributed by atoms with Crippen molar-refractivity contribution in [2.24, 2.45) is 0 Å². The monoisotopic (exact) mass is 313 g/mol. The maximum absolute atomic E-state index is 12.9. The predicted octanol–water partition coefficient (Wildman–Crippen LogP) is 1.81.